The summed E-state index contributed by atoms with van der Waals surface area (Å²) in [5.74, 6) is 0.360. The zero-order valence-corrected chi connectivity index (χ0v) is 16.3. The van der Waals surface area contributed by atoms with E-state index in [0.717, 1.165) is 5.56 Å². The van der Waals surface area contributed by atoms with Crippen LogP contribution < -0.4 is 9.64 Å². The normalized spacial score (nSPS) is 15.0. The number of aliphatic hydroxyl groups is 1. The molecule has 0 saturated carbocycles. The van der Waals surface area contributed by atoms with Crippen molar-refractivity contribution in [1.82, 2.24) is 4.90 Å². The van der Waals surface area contributed by atoms with Gasteiger partial charge >= 0.3 is 0 Å². The summed E-state index contributed by atoms with van der Waals surface area (Å²) in [6.07, 6.45) is 0.170. The van der Waals surface area contributed by atoms with Crippen molar-refractivity contribution in [2.75, 3.05) is 24.6 Å². The first-order valence-corrected chi connectivity index (χ1v) is 9.45. The number of hydrogen-bond acceptors (Lipinski definition) is 4. The molecule has 0 saturated heterocycles. The third kappa shape index (κ3) is 4.34. The number of para-hydroxylation sites is 2. The number of amides is 2. The number of benzene rings is 2. The molecule has 1 aliphatic rings. The summed E-state index contributed by atoms with van der Waals surface area (Å²) in [5, 5.41) is 9.35. The smallest absolute Gasteiger partial charge is 0.270 e. The number of fused-ring (bicyclic) bond motifs is 1. The third-order valence-electron chi connectivity index (χ3n) is 4.77. The first kappa shape index (κ1) is 19.9. The molecule has 6 heteroatoms. The maximum atomic E-state index is 12.8. The number of rotatable bonds is 7. The molecule has 0 spiro atoms. The summed E-state index contributed by atoms with van der Waals surface area (Å²) in [7, 11) is 0. The van der Waals surface area contributed by atoms with Gasteiger partial charge in [-0.15, -0.1) is 0 Å². The van der Waals surface area contributed by atoms with E-state index in [1.165, 1.54) is 0 Å². The van der Waals surface area contributed by atoms with Gasteiger partial charge in [0, 0.05) is 26.1 Å². The van der Waals surface area contributed by atoms with E-state index in [1.807, 2.05) is 54.6 Å². The van der Waals surface area contributed by atoms with Crippen molar-refractivity contribution in [3.8, 4) is 5.75 Å². The van der Waals surface area contributed by atoms with Gasteiger partial charge in [0.1, 0.15) is 5.75 Å². The maximum absolute atomic E-state index is 12.8. The van der Waals surface area contributed by atoms with Crippen LogP contribution in [0.4, 0.5) is 5.69 Å². The van der Waals surface area contributed by atoms with E-state index < -0.39 is 5.60 Å². The minimum absolute atomic E-state index is 0.104. The average molecular weight is 382 g/mol. The lowest BCUT2D eigenvalue weighted by Gasteiger charge is -2.38. The summed E-state index contributed by atoms with van der Waals surface area (Å²) >= 11 is 0. The standard InChI is InChI=1S/C22H26N2O4/c1-22(2)21(27)24(18-10-6-7-11-19(18)28-22)13-12-20(26)23(14-15-25)16-17-8-4-3-5-9-17/h3-11,25H,12-16H2,1-2H3. The van der Waals surface area contributed by atoms with Crippen LogP contribution in [0.2, 0.25) is 0 Å². The Kier molecular flexibility index (Phi) is 5.99. The fourth-order valence-electron chi connectivity index (χ4n) is 3.32. The van der Waals surface area contributed by atoms with Crippen molar-refractivity contribution in [2.24, 2.45) is 0 Å². The van der Waals surface area contributed by atoms with Gasteiger partial charge in [0.2, 0.25) is 5.91 Å². The molecule has 0 unspecified atom stereocenters. The van der Waals surface area contributed by atoms with Gasteiger partial charge in [-0.05, 0) is 31.5 Å². The lowest BCUT2D eigenvalue weighted by atomic mass is 10.0. The van der Waals surface area contributed by atoms with Gasteiger partial charge in [0.25, 0.3) is 5.91 Å². The van der Waals surface area contributed by atoms with Gasteiger partial charge in [-0.1, -0.05) is 42.5 Å². The second-order valence-corrected chi connectivity index (χ2v) is 7.31. The average Bonchev–Trinajstić information content (AvgIpc) is 2.68. The molecule has 1 heterocycles. The molecule has 0 aromatic heterocycles. The summed E-state index contributed by atoms with van der Waals surface area (Å²) in [6, 6.07) is 17.0. The van der Waals surface area contributed by atoms with Gasteiger partial charge < -0.3 is 19.6 Å². The zero-order valence-electron chi connectivity index (χ0n) is 16.3. The Labute approximate surface area is 165 Å². The Morgan fingerprint density at radius 3 is 2.50 bits per heavy atom. The fraction of sp³-hybridized carbons (Fsp3) is 0.364. The predicted molar refractivity (Wildman–Crippen MR) is 107 cm³/mol. The Morgan fingerprint density at radius 2 is 1.79 bits per heavy atom. The number of hydrogen-bond donors (Lipinski definition) is 1. The highest BCUT2D eigenvalue weighted by Gasteiger charge is 2.40. The quantitative estimate of drug-likeness (QED) is 0.799. The summed E-state index contributed by atoms with van der Waals surface area (Å²) in [4.78, 5) is 28.9. The van der Waals surface area contributed by atoms with Gasteiger partial charge in [-0.3, -0.25) is 9.59 Å². The van der Waals surface area contributed by atoms with Gasteiger partial charge in [0.05, 0.1) is 12.3 Å². The monoisotopic (exact) mass is 382 g/mol. The van der Waals surface area contributed by atoms with E-state index in [4.69, 9.17) is 4.74 Å². The molecular weight excluding hydrogens is 356 g/mol. The Balaban J connectivity index is 1.72. The highest BCUT2D eigenvalue weighted by Crippen LogP contribution is 2.37. The molecule has 1 N–H and O–H groups in total. The van der Waals surface area contributed by atoms with E-state index in [0.29, 0.717) is 18.0 Å². The summed E-state index contributed by atoms with van der Waals surface area (Å²) in [5.41, 5.74) is 0.696. The number of ether oxygens (including phenoxy) is 1. The van der Waals surface area contributed by atoms with Crippen LogP contribution in [-0.4, -0.2) is 47.1 Å². The first-order valence-electron chi connectivity index (χ1n) is 9.45. The topological polar surface area (TPSA) is 70.1 Å². The number of carbonyl (C=O) groups is 2. The van der Waals surface area contributed by atoms with Crippen molar-refractivity contribution in [3.63, 3.8) is 0 Å². The molecule has 0 fully saturated rings. The minimum Gasteiger partial charge on any atom is -0.476 e. The second kappa shape index (κ2) is 8.44. The van der Waals surface area contributed by atoms with Gasteiger partial charge in [-0.25, -0.2) is 0 Å². The molecule has 0 radical (unpaired) electrons. The molecule has 28 heavy (non-hydrogen) atoms. The summed E-state index contributed by atoms with van der Waals surface area (Å²) in [6.45, 7) is 4.30. The van der Waals surface area contributed by atoms with Gasteiger partial charge in [-0.2, -0.15) is 0 Å². The van der Waals surface area contributed by atoms with Crippen molar-refractivity contribution >= 4 is 17.5 Å². The largest absolute Gasteiger partial charge is 0.476 e. The molecular formula is C22H26N2O4. The molecule has 1 aliphatic heterocycles. The molecule has 6 nitrogen and oxygen atoms in total. The highest BCUT2D eigenvalue weighted by atomic mass is 16.5. The predicted octanol–water partition coefficient (Wildman–Crippen LogP) is 2.60. The SMILES string of the molecule is CC1(C)Oc2ccccc2N(CCC(=O)N(CCO)Cc2ccccc2)C1=O. The molecule has 0 atom stereocenters. The number of carbonyl (C=O) groups excluding carboxylic acids is 2. The van der Waals surface area contributed by atoms with Crippen LogP contribution in [0.3, 0.4) is 0 Å². The van der Waals surface area contributed by atoms with Crippen LogP contribution >= 0.6 is 0 Å². The van der Waals surface area contributed by atoms with E-state index in [-0.39, 0.29) is 37.9 Å². The molecule has 2 aromatic carbocycles. The van der Waals surface area contributed by atoms with E-state index >= 15 is 0 Å². The molecule has 0 bridgehead atoms. The van der Waals surface area contributed by atoms with E-state index in [9.17, 15) is 14.7 Å². The number of aliphatic hydroxyl groups excluding tert-OH is 1. The lowest BCUT2D eigenvalue weighted by Crippen LogP contribution is -2.53. The van der Waals surface area contributed by atoms with Crippen molar-refractivity contribution in [2.45, 2.75) is 32.4 Å². The Morgan fingerprint density at radius 1 is 1.11 bits per heavy atom. The van der Waals surface area contributed by atoms with Gasteiger partial charge in [0.15, 0.2) is 5.60 Å². The second-order valence-electron chi connectivity index (χ2n) is 7.31. The van der Waals surface area contributed by atoms with E-state index in [2.05, 4.69) is 0 Å². The molecule has 2 amide bonds. The first-order chi connectivity index (χ1) is 13.4. The fourth-order valence-corrected chi connectivity index (χ4v) is 3.32. The highest BCUT2D eigenvalue weighted by molar-refractivity contribution is 6.02. The maximum Gasteiger partial charge on any atom is 0.270 e. The number of anilines is 1. The van der Waals surface area contributed by atoms with Crippen LogP contribution in [0, 0.1) is 0 Å². The van der Waals surface area contributed by atoms with Crippen LogP contribution in [0.1, 0.15) is 25.8 Å². The van der Waals surface area contributed by atoms with E-state index in [1.54, 1.807) is 23.6 Å². The zero-order chi connectivity index (χ0) is 20.1. The van der Waals surface area contributed by atoms with Crippen LogP contribution in [0.15, 0.2) is 54.6 Å². The Bertz CT molecular complexity index is 835. The van der Waals surface area contributed by atoms with Crippen molar-refractivity contribution < 1.29 is 19.4 Å². The minimum atomic E-state index is -0.980. The van der Waals surface area contributed by atoms with Crippen LogP contribution in [0.5, 0.6) is 5.75 Å². The lowest BCUT2D eigenvalue weighted by molar-refractivity contribution is -0.134. The number of nitrogens with zero attached hydrogens (tertiary/aromatic N) is 2. The van der Waals surface area contributed by atoms with Crippen molar-refractivity contribution in [3.05, 3.63) is 60.2 Å². The molecule has 2 aromatic rings. The molecule has 0 aliphatic carbocycles. The van der Waals surface area contributed by atoms with Crippen molar-refractivity contribution in [1.29, 1.82) is 0 Å². The molecule has 3 rings (SSSR count). The third-order valence-corrected chi connectivity index (χ3v) is 4.77. The Hall–Kier alpha value is -2.86. The van der Waals surface area contributed by atoms with Crippen LogP contribution in [-0.2, 0) is 16.1 Å². The van der Waals surface area contributed by atoms with Crippen LogP contribution in [0.25, 0.3) is 0 Å². The summed E-state index contributed by atoms with van der Waals surface area (Å²) < 4.78 is 5.81. The molecule has 148 valence electrons.